The Balaban J connectivity index is 2.95. The normalized spacial score (nSPS) is 14.5. The van der Waals surface area contributed by atoms with Crippen molar-refractivity contribution in [2.75, 3.05) is 7.04 Å². The molecular weight excluding hydrogens is 147 g/mol. The summed E-state index contributed by atoms with van der Waals surface area (Å²) in [5.41, 5.74) is -0.230. The fraction of sp³-hybridized carbons (Fsp3) is 0.125. The van der Waals surface area contributed by atoms with Crippen LogP contribution in [0, 0.1) is 5.82 Å². The van der Waals surface area contributed by atoms with E-state index >= 15 is 0 Å². The van der Waals surface area contributed by atoms with E-state index in [9.17, 15) is 9.18 Å². The molecule has 0 saturated carbocycles. The SMILES string of the molecule is [2H]C([2H])([2H])Oc1ccc(F)c(C=O)c1. The smallest absolute Gasteiger partial charge is 0.153 e. The Labute approximate surface area is 67.8 Å². The summed E-state index contributed by atoms with van der Waals surface area (Å²) >= 11 is 0. The van der Waals surface area contributed by atoms with Gasteiger partial charge in [-0.15, -0.1) is 0 Å². The number of carbonyl (C=O) groups excluding carboxylic acids is 1. The van der Waals surface area contributed by atoms with Gasteiger partial charge in [-0.25, -0.2) is 4.39 Å². The van der Waals surface area contributed by atoms with E-state index in [2.05, 4.69) is 4.74 Å². The maximum Gasteiger partial charge on any atom is 0.153 e. The summed E-state index contributed by atoms with van der Waals surface area (Å²) < 4.78 is 37.6. The molecule has 0 fully saturated rings. The molecular formula is C8H7FO2. The molecule has 0 N–H and O–H groups in total. The van der Waals surface area contributed by atoms with Crippen molar-refractivity contribution < 1.29 is 18.0 Å². The monoisotopic (exact) mass is 157 g/mol. The fourth-order valence-electron chi connectivity index (χ4n) is 0.676. The molecule has 1 rings (SSSR count). The lowest BCUT2D eigenvalue weighted by atomic mass is 10.2. The fourth-order valence-corrected chi connectivity index (χ4v) is 0.676. The van der Waals surface area contributed by atoms with Crippen molar-refractivity contribution in [3.8, 4) is 5.75 Å². The summed E-state index contributed by atoms with van der Waals surface area (Å²) in [7, 11) is -2.60. The third kappa shape index (κ3) is 1.55. The van der Waals surface area contributed by atoms with Gasteiger partial charge in [-0.1, -0.05) is 0 Å². The summed E-state index contributed by atoms with van der Waals surface area (Å²) in [6, 6.07) is 3.16. The second-order valence-electron chi connectivity index (χ2n) is 1.90. The Morgan fingerprint density at radius 3 is 3.18 bits per heavy atom. The van der Waals surface area contributed by atoms with Crippen LogP contribution in [0.4, 0.5) is 4.39 Å². The van der Waals surface area contributed by atoms with Crippen molar-refractivity contribution in [1.82, 2.24) is 0 Å². The van der Waals surface area contributed by atoms with Gasteiger partial charge in [0, 0.05) is 0 Å². The van der Waals surface area contributed by atoms with Crippen LogP contribution in [-0.2, 0) is 0 Å². The number of hydrogen-bond acceptors (Lipinski definition) is 2. The van der Waals surface area contributed by atoms with Crippen LogP contribution in [0.1, 0.15) is 14.5 Å². The van der Waals surface area contributed by atoms with Crippen LogP contribution in [0.5, 0.6) is 5.75 Å². The minimum Gasteiger partial charge on any atom is -0.497 e. The van der Waals surface area contributed by atoms with Gasteiger partial charge in [-0.3, -0.25) is 4.79 Å². The molecule has 0 amide bonds. The van der Waals surface area contributed by atoms with E-state index in [-0.39, 0.29) is 11.3 Å². The van der Waals surface area contributed by atoms with Crippen LogP contribution in [0.2, 0.25) is 0 Å². The van der Waals surface area contributed by atoms with E-state index in [1.807, 2.05) is 0 Å². The van der Waals surface area contributed by atoms with Gasteiger partial charge in [-0.05, 0) is 18.2 Å². The van der Waals surface area contributed by atoms with Gasteiger partial charge in [0.2, 0.25) is 0 Å². The first-order valence-corrected chi connectivity index (χ1v) is 2.86. The Morgan fingerprint density at radius 2 is 2.55 bits per heavy atom. The average Bonchev–Trinajstić information content (AvgIpc) is 2.06. The molecule has 0 saturated heterocycles. The van der Waals surface area contributed by atoms with E-state index in [0.717, 1.165) is 18.2 Å². The highest BCUT2D eigenvalue weighted by molar-refractivity contribution is 5.75. The Morgan fingerprint density at radius 1 is 1.73 bits per heavy atom. The Kier molecular flexibility index (Phi) is 1.28. The molecule has 58 valence electrons. The molecule has 0 heterocycles. The summed E-state index contributed by atoms with van der Waals surface area (Å²) in [5.74, 6) is -0.772. The summed E-state index contributed by atoms with van der Waals surface area (Å²) in [5, 5.41) is 0. The number of methoxy groups -OCH3 is 1. The standard InChI is InChI=1S/C8H7FO2/c1-11-7-2-3-8(9)6(4-7)5-10/h2-5H,1H3/i1D3. The van der Waals surface area contributed by atoms with Crippen molar-refractivity contribution in [1.29, 1.82) is 0 Å². The van der Waals surface area contributed by atoms with Crippen LogP contribution >= 0.6 is 0 Å². The van der Waals surface area contributed by atoms with Crippen LogP contribution in [-0.4, -0.2) is 13.3 Å². The van der Waals surface area contributed by atoms with Crippen molar-refractivity contribution in [3.05, 3.63) is 29.6 Å². The molecule has 0 radical (unpaired) electrons. The highest BCUT2D eigenvalue weighted by Gasteiger charge is 2.00. The number of benzene rings is 1. The van der Waals surface area contributed by atoms with Gasteiger partial charge in [0.1, 0.15) is 11.6 Å². The molecule has 2 nitrogen and oxygen atoms in total. The number of ether oxygens (including phenoxy) is 1. The Hall–Kier alpha value is -1.38. The molecule has 0 atom stereocenters. The van der Waals surface area contributed by atoms with E-state index in [1.54, 1.807) is 0 Å². The summed E-state index contributed by atoms with van der Waals surface area (Å²) in [6.45, 7) is 0. The van der Waals surface area contributed by atoms with Gasteiger partial charge in [0.15, 0.2) is 6.29 Å². The predicted octanol–water partition coefficient (Wildman–Crippen LogP) is 1.65. The van der Waals surface area contributed by atoms with E-state index < -0.39 is 12.9 Å². The minimum atomic E-state index is -2.60. The van der Waals surface area contributed by atoms with Gasteiger partial charge < -0.3 is 4.74 Å². The first-order valence-electron chi connectivity index (χ1n) is 4.36. The third-order valence-corrected chi connectivity index (χ3v) is 1.21. The quantitative estimate of drug-likeness (QED) is 0.610. The number of halogens is 1. The molecule has 1 aromatic rings. The molecule has 0 spiro atoms. The summed E-state index contributed by atoms with van der Waals surface area (Å²) in [6.07, 6.45) is 0.293. The number of hydrogen-bond donors (Lipinski definition) is 0. The lowest BCUT2D eigenvalue weighted by molar-refractivity contribution is 0.111. The van der Waals surface area contributed by atoms with Gasteiger partial charge in [0.25, 0.3) is 0 Å². The molecule has 11 heavy (non-hydrogen) atoms. The zero-order valence-corrected chi connectivity index (χ0v) is 5.50. The average molecular weight is 157 g/mol. The second kappa shape index (κ2) is 3.14. The zero-order valence-electron chi connectivity index (χ0n) is 8.50. The van der Waals surface area contributed by atoms with E-state index in [0.29, 0.717) is 6.29 Å². The molecule has 1 aromatic carbocycles. The topological polar surface area (TPSA) is 26.3 Å². The van der Waals surface area contributed by atoms with Crippen LogP contribution in [0.25, 0.3) is 0 Å². The molecule has 0 bridgehead atoms. The number of aldehydes is 1. The largest absolute Gasteiger partial charge is 0.497 e. The van der Waals surface area contributed by atoms with Crippen molar-refractivity contribution in [2.24, 2.45) is 0 Å². The predicted molar refractivity (Wildman–Crippen MR) is 38.3 cm³/mol. The van der Waals surface area contributed by atoms with E-state index in [1.165, 1.54) is 0 Å². The first-order chi connectivity index (χ1) is 6.42. The van der Waals surface area contributed by atoms with Gasteiger partial charge in [-0.2, -0.15) is 0 Å². The third-order valence-electron chi connectivity index (χ3n) is 1.21. The van der Waals surface area contributed by atoms with Crippen LogP contribution in [0.15, 0.2) is 18.2 Å². The van der Waals surface area contributed by atoms with E-state index in [4.69, 9.17) is 4.11 Å². The van der Waals surface area contributed by atoms with Crippen molar-refractivity contribution >= 4 is 6.29 Å². The molecule has 0 aliphatic carbocycles. The molecule has 3 heteroatoms. The van der Waals surface area contributed by atoms with Crippen LogP contribution in [0.3, 0.4) is 0 Å². The number of rotatable bonds is 2. The first kappa shape index (κ1) is 4.49. The molecule has 0 aliphatic rings. The number of carbonyl (C=O) groups is 1. The van der Waals surface area contributed by atoms with Gasteiger partial charge >= 0.3 is 0 Å². The van der Waals surface area contributed by atoms with Crippen molar-refractivity contribution in [3.63, 3.8) is 0 Å². The minimum absolute atomic E-state index is 0.0616. The zero-order chi connectivity index (χ0) is 10.8. The summed E-state index contributed by atoms with van der Waals surface area (Å²) in [4.78, 5) is 10.3. The lowest BCUT2D eigenvalue weighted by Gasteiger charge is -1.99. The van der Waals surface area contributed by atoms with Crippen molar-refractivity contribution in [2.45, 2.75) is 0 Å². The molecule has 0 aliphatic heterocycles. The van der Waals surface area contributed by atoms with Gasteiger partial charge in [0.05, 0.1) is 16.7 Å². The highest BCUT2D eigenvalue weighted by Crippen LogP contribution is 2.14. The maximum absolute atomic E-state index is 12.8. The lowest BCUT2D eigenvalue weighted by Crippen LogP contribution is -1.89. The highest BCUT2D eigenvalue weighted by atomic mass is 19.1. The molecule has 0 aromatic heterocycles. The van der Waals surface area contributed by atoms with Crippen LogP contribution < -0.4 is 4.74 Å². The maximum atomic E-state index is 12.8. The second-order valence-corrected chi connectivity index (χ2v) is 1.90. The Bertz CT molecular complexity index is 349. The molecule has 0 unspecified atom stereocenters.